The minimum Gasteiger partial charge on any atom is -0.444 e. The van der Waals surface area contributed by atoms with Crippen LogP contribution in [-0.4, -0.2) is 89.6 Å². The predicted molar refractivity (Wildman–Crippen MR) is 185 cm³/mol. The van der Waals surface area contributed by atoms with Crippen LogP contribution in [0.5, 0.6) is 0 Å². The van der Waals surface area contributed by atoms with E-state index in [0.717, 1.165) is 38.5 Å². The Balaban J connectivity index is 1.12. The number of urea groups is 1. The summed E-state index contributed by atoms with van der Waals surface area (Å²) in [5.74, 6) is -2.92. The van der Waals surface area contributed by atoms with Gasteiger partial charge in [0.25, 0.3) is 5.91 Å². The van der Waals surface area contributed by atoms with Gasteiger partial charge in [-0.2, -0.15) is 0 Å². The normalized spacial score (nSPS) is 29.6. The number of hydrogen-bond acceptors (Lipinski definition) is 8. The van der Waals surface area contributed by atoms with E-state index in [0.29, 0.717) is 43.2 Å². The number of allylic oxidation sites excluding steroid dienone is 1. The Labute approximate surface area is 302 Å². The topological polar surface area (TPSA) is 183 Å². The van der Waals surface area contributed by atoms with Gasteiger partial charge in [-0.05, 0) is 63.0 Å². The van der Waals surface area contributed by atoms with Crippen molar-refractivity contribution >= 4 is 39.9 Å². The van der Waals surface area contributed by atoms with E-state index in [1.54, 1.807) is 12.1 Å². The zero-order valence-electron chi connectivity index (χ0n) is 29.1. The van der Waals surface area contributed by atoms with Gasteiger partial charge < -0.3 is 25.6 Å². The van der Waals surface area contributed by atoms with Gasteiger partial charge in [0, 0.05) is 30.5 Å². The number of benzene rings is 1. The van der Waals surface area contributed by atoms with Crippen LogP contribution in [0.4, 0.5) is 14.0 Å². The highest BCUT2D eigenvalue weighted by atomic mass is 32.2. The largest absolute Gasteiger partial charge is 0.444 e. The molecule has 0 spiro atoms. The Morgan fingerprint density at radius 3 is 2.48 bits per heavy atom. The molecule has 7 rings (SSSR count). The van der Waals surface area contributed by atoms with Crippen LogP contribution in [0, 0.1) is 11.7 Å². The molecule has 3 aliphatic heterocycles. The minimum absolute atomic E-state index is 0.0124. The number of nitrogens with one attached hydrogen (secondary N) is 4. The van der Waals surface area contributed by atoms with Gasteiger partial charge in [-0.1, -0.05) is 50.0 Å². The molecule has 5 atom stereocenters. The van der Waals surface area contributed by atoms with Crippen LogP contribution in [0.3, 0.4) is 0 Å². The highest BCUT2D eigenvalue weighted by Gasteiger charge is 2.62. The molecule has 4 fully saturated rings. The van der Waals surface area contributed by atoms with Crippen molar-refractivity contribution in [3.8, 4) is 0 Å². The van der Waals surface area contributed by atoms with Crippen LogP contribution in [-0.2, 0) is 42.2 Å². The SMILES string of the molecule is O=C(NC1CCCC1)N[C@H]1CCCCCC=C[C@@H]2C[C@@]2(C(=O)NS(=O)(=O)C2CC2)NC(=O)[C@@H]2C[C@@H](OC(=O)N3Cc4cccc(F)c4C3)CN2C1=O. The molecule has 0 bridgehead atoms. The molecule has 16 heteroatoms. The highest BCUT2D eigenvalue weighted by molar-refractivity contribution is 7.91. The zero-order chi connectivity index (χ0) is 36.6. The van der Waals surface area contributed by atoms with Crippen molar-refractivity contribution < 1.29 is 41.5 Å². The molecular weight excluding hydrogens is 695 g/mol. The first-order valence-corrected chi connectivity index (χ1v) is 20.1. The number of amides is 6. The number of sulfonamides is 1. The number of halogens is 1. The number of nitrogens with zero attached hydrogens (tertiary/aromatic N) is 2. The van der Waals surface area contributed by atoms with E-state index in [1.807, 2.05) is 12.2 Å². The third kappa shape index (κ3) is 7.76. The smallest absolute Gasteiger partial charge is 0.410 e. The summed E-state index contributed by atoms with van der Waals surface area (Å²) in [6.07, 6.45) is 10.0. The first kappa shape index (κ1) is 36.2. The summed E-state index contributed by atoms with van der Waals surface area (Å²) < 4.78 is 48.0. The van der Waals surface area contributed by atoms with Crippen molar-refractivity contribution in [3.05, 3.63) is 47.3 Å². The molecular formula is C36H47FN6O8S. The molecule has 3 heterocycles. The van der Waals surface area contributed by atoms with Gasteiger partial charge in [-0.25, -0.2) is 22.4 Å². The molecule has 52 heavy (non-hydrogen) atoms. The number of ether oxygens (including phenoxy) is 1. The third-order valence-corrected chi connectivity index (χ3v) is 13.1. The number of rotatable bonds is 6. The van der Waals surface area contributed by atoms with Crippen molar-refractivity contribution in [2.24, 2.45) is 5.92 Å². The molecule has 4 N–H and O–H groups in total. The van der Waals surface area contributed by atoms with Gasteiger partial charge in [0.2, 0.25) is 21.8 Å². The third-order valence-electron chi connectivity index (χ3n) is 11.3. The van der Waals surface area contributed by atoms with Crippen molar-refractivity contribution in [1.29, 1.82) is 0 Å². The van der Waals surface area contributed by atoms with E-state index in [9.17, 15) is 36.8 Å². The van der Waals surface area contributed by atoms with Crippen LogP contribution >= 0.6 is 0 Å². The highest BCUT2D eigenvalue weighted by Crippen LogP contribution is 2.46. The molecule has 0 aromatic heterocycles. The van der Waals surface area contributed by atoms with Crippen LogP contribution in [0.2, 0.25) is 0 Å². The Morgan fingerprint density at radius 2 is 1.73 bits per heavy atom. The van der Waals surface area contributed by atoms with Crippen molar-refractivity contribution in [1.82, 2.24) is 30.5 Å². The molecule has 1 aromatic rings. The molecule has 0 radical (unpaired) electrons. The van der Waals surface area contributed by atoms with Crippen molar-refractivity contribution in [2.45, 2.75) is 132 Å². The molecule has 6 amide bonds. The van der Waals surface area contributed by atoms with Gasteiger partial charge in [-0.15, -0.1) is 0 Å². The summed E-state index contributed by atoms with van der Waals surface area (Å²) in [5, 5.41) is 7.97. The van der Waals surface area contributed by atoms with Crippen molar-refractivity contribution in [3.63, 3.8) is 0 Å². The lowest BCUT2D eigenvalue weighted by molar-refractivity contribution is -0.141. The number of carbonyl (C=O) groups is 5. The Bertz CT molecular complexity index is 1750. The van der Waals surface area contributed by atoms with Gasteiger partial charge in [-0.3, -0.25) is 24.0 Å². The predicted octanol–water partition coefficient (Wildman–Crippen LogP) is 2.86. The van der Waals surface area contributed by atoms with E-state index in [2.05, 4.69) is 20.7 Å². The second kappa shape index (κ2) is 14.7. The average Bonchev–Trinajstić information content (AvgIpc) is 3.88. The van der Waals surface area contributed by atoms with Crippen LogP contribution < -0.4 is 20.7 Å². The van der Waals surface area contributed by atoms with E-state index in [4.69, 9.17) is 4.74 Å². The van der Waals surface area contributed by atoms with Gasteiger partial charge in [0.1, 0.15) is 29.5 Å². The lowest BCUT2D eigenvalue weighted by atomic mass is 10.0. The number of fused-ring (bicyclic) bond motifs is 3. The Hall–Kier alpha value is -4.21. The van der Waals surface area contributed by atoms with E-state index in [1.165, 1.54) is 15.9 Å². The summed E-state index contributed by atoms with van der Waals surface area (Å²) in [6, 6.07) is 2.01. The number of carbonyl (C=O) groups excluding carboxylic acids is 5. The molecule has 1 aromatic carbocycles. The summed E-state index contributed by atoms with van der Waals surface area (Å²) in [5.41, 5.74) is -0.474. The van der Waals surface area contributed by atoms with E-state index in [-0.39, 0.29) is 38.5 Å². The van der Waals surface area contributed by atoms with Crippen LogP contribution in [0.25, 0.3) is 0 Å². The van der Waals surface area contributed by atoms with Crippen molar-refractivity contribution in [2.75, 3.05) is 6.54 Å². The average molecular weight is 743 g/mol. The second-order valence-corrected chi connectivity index (χ2v) is 17.1. The maximum Gasteiger partial charge on any atom is 0.410 e. The fraction of sp³-hybridized carbons (Fsp3) is 0.639. The Kier molecular flexibility index (Phi) is 10.2. The van der Waals surface area contributed by atoms with Crippen LogP contribution in [0.15, 0.2) is 30.4 Å². The lowest BCUT2D eigenvalue weighted by Crippen LogP contribution is -2.59. The fourth-order valence-electron chi connectivity index (χ4n) is 8.03. The maximum absolute atomic E-state index is 14.4. The summed E-state index contributed by atoms with van der Waals surface area (Å²) >= 11 is 0. The zero-order valence-corrected chi connectivity index (χ0v) is 29.9. The monoisotopic (exact) mass is 742 g/mol. The summed E-state index contributed by atoms with van der Waals surface area (Å²) in [7, 11) is -3.91. The maximum atomic E-state index is 14.4. The fourth-order valence-corrected chi connectivity index (χ4v) is 9.39. The molecule has 6 aliphatic rings. The molecule has 3 saturated carbocycles. The summed E-state index contributed by atoms with van der Waals surface area (Å²) in [6.45, 7) is 0.000944. The van der Waals surface area contributed by atoms with Gasteiger partial charge in [0.15, 0.2) is 0 Å². The molecule has 282 valence electrons. The van der Waals surface area contributed by atoms with Gasteiger partial charge >= 0.3 is 12.1 Å². The molecule has 14 nitrogen and oxygen atoms in total. The second-order valence-electron chi connectivity index (χ2n) is 15.1. The van der Waals surface area contributed by atoms with Crippen LogP contribution in [0.1, 0.15) is 94.6 Å². The standard InChI is InChI=1S/C36H47FN6O8S/c37-28-13-8-9-22-19-42(21-27(22)28)35(48)51-25-17-30-31(44)40-36(33(46)41-52(49,50)26-15-16-26)18-23(36)10-4-2-1-3-5-14-29(32(45)43(30)20-25)39-34(47)38-24-11-6-7-12-24/h4,8-10,13,23-26,29-30H,1-3,5-7,11-12,14-21H2,(H,40,44)(H,41,46)(H2,38,39,47)/t23-,25-,29+,30+,36-/m1/s1. The summed E-state index contributed by atoms with van der Waals surface area (Å²) in [4.78, 5) is 71.3. The molecule has 3 aliphatic carbocycles. The minimum atomic E-state index is -3.91. The molecule has 1 saturated heterocycles. The molecule has 0 unspecified atom stereocenters. The first-order chi connectivity index (χ1) is 24.9. The van der Waals surface area contributed by atoms with E-state index < -0.39 is 80.6 Å². The number of hydrogen-bond donors (Lipinski definition) is 4. The Morgan fingerprint density at radius 1 is 0.962 bits per heavy atom. The van der Waals surface area contributed by atoms with E-state index >= 15 is 0 Å². The quantitative estimate of drug-likeness (QED) is 0.321. The van der Waals surface area contributed by atoms with Gasteiger partial charge in [0.05, 0.1) is 18.3 Å². The lowest BCUT2D eigenvalue weighted by Gasteiger charge is -2.30. The first-order valence-electron chi connectivity index (χ1n) is 18.6.